The highest BCUT2D eigenvalue weighted by Gasteiger charge is 2.13. The van der Waals surface area contributed by atoms with E-state index >= 15 is 0 Å². The van der Waals surface area contributed by atoms with Crippen molar-refractivity contribution in [3.05, 3.63) is 83.1 Å². The summed E-state index contributed by atoms with van der Waals surface area (Å²) in [5.41, 5.74) is 3.78. The molecule has 2 heterocycles. The lowest BCUT2D eigenvalue weighted by Crippen LogP contribution is -2.13. The van der Waals surface area contributed by atoms with E-state index in [1.807, 2.05) is 38.1 Å². The Balaban J connectivity index is 1.30. The van der Waals surface area contributed by atoms with Gasteiger partial charge in [0.2, 0.25) is 5.91 Å². The maximum atomic E-state index is 12.4. The van der Waals surface area contributed by atoms with Gasteiger partial charge in [0.1, 0.15) is 0 Å². The van der Waals surface area contributed by atoms with Crippen LogP contribution in [0.5, 0.6) is 0 Å². The Bertz CT molecular complexity index is 1210. The number of hydrogen-bond donors (Lipinski definition) is 2. The molecule has 0 atom stereocenters. The molecule has 2 N–H and O–H groups in total. The van der Waals surface area contributed by atoms with E-state index in [0.717, 1.165) is 21.0 Å². The maximum Gasteiger partial charge on any atom is 0.291 e. The van der Waals surface area contributed by atoms with Crippen LogP contribution in [0.1, 0.15) is 21.0 Å². The topological polar surface area (TPSA) is 84.2 Å². The summed E-state index contributed by atoms with van der Waals surface area (Å²) in [4.78, 5) is 31.0. The second-order valence-corrected chi connectivity index (χ2v) is 9.33. The Morgan fingerprint density at radius 1 is 1.00 bits per heavy atom. The second-order valence-electron chi connectivity index (χ2n) is 7.08. The van der Waals surface area contributed by atoms with Crippen LogP contribution >= 0.6 is 23.1 Å². The molecule has 0 aliphatic carbocycles. The summed E-state index contributed by atoms with van der Waals surface area (Å²) in [5, 5.41) is 6.25. The summed E-state index contributed by atoms with van der Waals surface area (Å²) in [6, 6.07) is 18.8. The standard InChI is InChI=1S/C24H21N3O3S2/c1-15-5-7-17(8-6-15)22-16(2)32-24(27-22)26-21(28)14-31-19-11-9-18(10-12-19)25-23(29)20-4-3-13-30-20/h3-13H,14H2,1-2H3,(H,25,29)(H,26,27,28). The molecule has 2 amide bonds. The summed E-state index contributed by atoms with van der Waals surface area (Å²) in [7, 11) is 0. The lowest BCUT2D eigenvalue weighted by Gasteiger charge is -2.05. The molecule has 32 heavy (non-hydrogen) atoms. The molecule has 0 bridgehead atoms. The minimum absolute atomic E-state index is 0.116. The number of thioether (sulfide) groups is 1. The van der Waals surface area contributed by atoms with Crippen LogP contribution < -0.4 is 10.6 Å². The van der Waals surface area contributed by atoms with Gasteiger partial charge >= 0.3 is 0 Å². The number of hydrogen-bond acceptors (Lipinski definition) is 6. The highest BCUT2D eigenvalue weighted by atomic mass is 32.2. The van der Waals surface area contributed by atoms with E-state index in [9.17, 15) is 9.59 Å². The predicted molar refractivity (Wildman–Crippen MR) is 129 cm³/mol. The van der Waals surface area contributed by atoms with Crippen molar-refractivity contribution in [2.24, 2.45) is 0 Å². The van der Waals surface area contributed by atoms with Gasteiger partial charge in [-0.2, -0.15) is 0 Å². The predicted octanol–water partition coefficient (Wildman–Crippen LogP) is 6.00. The number of furan rings is 1. The van der Waals surface area contributed by atoms with Crippen LogP contribution in [0.4, 0.5) is 10.8 Å². The largest absolute Gasteiger partial charge is 0.459 e. The monoisotopic (exact) mass is 463 g/mol. The number of rotatable bonds is 7. The molecule has 2 aromatic carbocycles. The number of nitrogens with zero attached hydrogens (tertiary/aromatic N) is 1. The molecule has 4 rings (SSSR count). The van der Waals surface area contributed by atoms with E-state index in [-0.39, 0.29) is 23.3 Å². The van der Waals surface area contributed by atoms with Crippen molar-refractivity contribution in [1.82, 2.24) is 4.98 Å². The first-order chi connectivity index (χ1) is 15.5. The van der Waals surface area contributed by atoms with E-state index in [4.69, 9.17) is 4.42 Å². The molecule has 0 saturated heterocycles. The molecule has 0 unspecified atom stereocenters. The zero-order valence-corrected chi connectivity index (χ0v) is 19.2. The zero-order chi connectivity index (χ0) is 22.5. The lowest BCUT2D eigenvalue weighted by molar-refractivity contribution is -0.113. The fraction of sp³-hybridized carbons (Fsp3) is 0.125. The summed E-state index contributed by atoms with van der Waals surface area (Å²) in [5.74, 6) is 0.0902. The third-order valence-electron chi connectivity index (χ3n) is 4.60. The summed E-state index contributed by atoms with van der Waals surface area (Å²) < 4.78 is 5.08. The molecule has 0 spiro atoms. The normalized spacial score (nSPS) is 10.7. The first-order valence-corrected chi connectivity index (χ1v) is 11.7. The van der Waals surface area contributed by atoms with E-state index in [2.05, 4.69) is 27.8 Å². The number of anilines is 2. The van der Waals surface area contributed by atoms with Gasteiger partial charge in [-0.05, 0) is 50.2 Å². The van der Waals surface area contributed by atoms with Gasteiger partial charge in [-0.15, -0.1) is 23.1 Å². The molecule has 0 fully saturated rings. The molecule has 4 aromatic rings. The average Bonchev–Trinajstić information content (AvgIpc) is 3.44. The molecule has 0 radical (unpaired) electrons. The average molecular weight is 464 g/mol. The highest BCUT2D eigenvalue weighted by Crippen LogP contribution is 2.31. The molecule has 162 valence electrons. The number of aromatic nitrogens is 1. The van der Waals surface area contributed by atoms with Gasteiger partial charge in [-0.1, -0.05) is 29.8 Å². The molecule has 6 nitrogen and oxygen atoms in total. The van der Waals surface area contributed by atoms with Gasteiger partial charge in [0.05, 0.1) is 17.7 Å². The number of amides is 2. The molecule has 0 aliphatic rings. The van der Waals surface area contributed by atoms with Crippen molar-refractivity contribution < 1.29 is 14.0 Å². The third kappa shape index (κ3) is 5.46. The van der Waals surface area contributed by atoms with Crippen LogP contribution in [0.15, 0.2) is 76.2 Å². The Morgan fingerprint density at radius 3 is 2.44 bits per heavy atom. The SMILES string of the molecule is Cc1ccc(-c2nc(NC(=O)CSc3ccc(NC(=O)c4ccco4)cc3)sc2C)cc1. The number of aryl methyl sites for hydroxylation is 2. The van der Waals surface area contributed by atoms with E-state index < -0.39 is 0 Å². The van der Waals surface area contributed by atoms with E-state index in [1.54, 1.807) is 24.3 Å². The minimum atomic E-state index is -0.307. The summed E-state index contributed by atoms with van der Waals surface area (Å²) in [6.07, 6.45) is 1.45. The Kier molecular flexibility index (Phi) is 6.72. The quantitative estimate of drug-likeness (QED) is 0.328. The molecular weight excluding hydrogens is 442 g/mol. The maximum absolute atomic E-state index is 12.4. The smallest absolute Gasteiger partial charge is 0.291 e. The Labute approximate surface area is 194 Å². The Morgan fingerprint density at radius 2 is 1.75 bits per heavy atom. The molecular formula is C24H21N3O3S2. The van der Waals surface area contributed by atoms with Crippen molar-refractivity contribution >= 4 is 45.7 Å². The van der Waals surface area contributed by atoms with Gasteiger partial charge in [0.25, 0.3) is 5.91 Å². The first kappa shape index (κ1) is 21.9. The van der Waals surface area contributed by atoms with Gasteiger partial charge in [0, 0.05) is 21.0 Å². The van der Waals surface area contributed by atoms with Crippen molar-refractivity contribution in [1.29, 1.82) is 0 Å². The van der Waals surface area contributed by atoms with Crippen molar-refractivity contribution in [2.45, 2.75) is 18.7 Å². The zero-order valence-electron chi connectivity index (χ0n) is 17.5. The highest BCUT2D eigenvalue weighted by molar-refractivity contribution is 8.00. The van der Waals surface area contributed by atoms with Gasteiger partial charge in [-0.3, -0.25) is 9.59 Å². The molecule has 2 aromatic heterocycles. The number of thiazole rings is 1. The third-order valence-corrected chi connectivity index (χ3v) is 6.49. The lowest BCUT2D eigenvalue weighted by atomic mass is 10.1. The summed E-state index contributed by atoms with van der Waals surface area (Å²) in [6.45, 7) is 4.05. The van der Waals surface area contributed by atoms with Crippen molar-refractivity contribution in [3.63, 3.8) is 0 Å². The Hall–Kier alpha value is -3.36. The van der Waals surface area contributed by atoms with Crippen LogP contribution in [-0.4, -0.2) is 22.6 Å². The van der Waals surface area contributed by atoms with Crippen molar-refractivity contribution in [2.75, 3.05) is 16.4 Å². The minimum Gasteiger partial charge on any atom is -0.459 e. The van der Waals surface area contributed by atoms with Crippen LogP contribution in [0, 0.1) is 13.8 Å². The number of benzene rings is 2. The van der Waals surface area contributed by atoms with Crippen LogP contribution in [-0.2, 0) is 4.79 Å². The van der Waals surface area contributed by atoms with E-state index in [1.165, 1.54) is 34.9 Å². The van der Waals surface area contributed by atoms with Gasteiger partial charge in [0.15, 0.2) is 10.9 Å². The van der Waals surface area contributed by atoms with Crippen molar-refractivity contribution in [3.8, 4) is 11.3 Å². The van der Waals surface area contributed by atoms with Gasteiger partial charge in [-0.25, -0.2) is 4.98 Å². The number of carbonyl (C=O) groups is 2. The first-order valence-electron chi connectivity index (χ1n) is 9.90. The van der Waals surface area contributed by atoms with Crippen LogP contribution in [0.2, 0.25) is 0 Å². The fourth-order valence-corrected chi connectivity index (χ4v) is 4.52. The molecule has 0 saturated carbocycles. The van der Waals surface area contributed by atoms with Gasteiger partial charge < -0.3 is 15.1 Å². The van der Waals surface area contributed by atoms with E-state index in [0.29, 0.717) is 10.8 Å². The van der Waals surface area contributed by atoms with Crippen LogP contribution in [0.25, 0.3) is 11.3 Å². The second kappa shape index (κ2) is 9.84. The molecule has 8 heteroatoms. The number of nitrogens with one attached hydrogen (secondary N) is 2. The van der Waals surface area contributed by atoms with Crippen LogP contribution in [0.3, 0.4) is 0 Å². The summed E-state index contributed by atoms with van der Waals surface area (Å²) >= 11 is 2.89. The fourth-order valence-electron chi connectivity index (χ4n) is 2.97. The molecule has 0 aliphatic heterocycles. The number of carbonyl (C=O) groups excluding carboxylic acids is 2.